The van der Waals surface area contributed by atoms with E-state index in [0.717, 1.165) is 34.8 Å². The van der Waals surface area contributed by atoms with Gasteiger partial charge in [-0.05, 0) is 60.9 Å². The number of benzene rings is 3. The van der Waals surface area contributed by atoms with Gasteiger partial charge in [-0.3, -0.25) is 13.9 Å². The monoisotopic (exact) mass is 603 g/mol. The van der Waals surface area contributed by atoms with E-state index in [1.165, 1.54) is 23.1 Å². The van der Waals surface area contributed by atoms with Crippen molar-refractivity contribution >= 4 is 39.1 Å². The molecule has 0 heterocycles. The molecule has 0 bridgehead atoms. The molecule has 11 heteroatoms. The van der Waals surface area contributed by atoms with Crippen molar-refractivity contribution in [1.82, 2.24) is 10.2 Å². The molecule has 0 aliphatic heterocycles. The van der Waals surface area contributed by atoms with Crippen LogP contribution in [0, 0.1) is 5.82 Å². The lowest BCUT2D eigenvalue weighted by molar-refractivity contribution is -0.140. The zero-order valence-electron chi connectivity index (χ0n) is 23.3. The summed E-state index contributed by atoms with van der Waals surface area (Å²) in [5, 5.41) is 2.59. The van der Waals surface area contributed by atoms with Crippen molar-refractivity contribution in [2.24, 2.45) is 0 Å². The van der Waals surface area contributed by atoms with Crippen LogP contribution in [-0.4, -0.2) is 51.4 Å². The highest BCUT2D eigenvalue weighted by atomic mass is 35.5. The number of unbranched alkanes of at least 4 members (excludes halogenated alkanes) is 1. The number of amides is 2. The second-order valence-corrected chi connectivity index (χ2v) is 11.6. The largest absolute Gasteiger partial charge is 0.497 e. The quantitative estimate of drug-likeness (QED) is 0.249. The first-order valence-corrected chi connectivity index (χ1v) is 15.2. The molecule has 1 atom stereocenters. The average molecular weight is 604 g/mol. The van der Waals surface area contributed by atoms with Crippen LogP contribution in [0.25, 0.3) is 0 Å². The number of ether oxygens (including phenoxy) is 1. The van der Waals surface area contributed by atoms with E-state index in [2.05, 4.69) is 5.32 Å². The van der Waals surface area contributed by atoms with Gasteiger partial charge in [-0.1, -0.05) is 62.2 Å². The van der Waals surface area contributed by atoms with Crippen LogP contribution in [0.15, 0.2) is 77.7 Å². The number of anilines is 1. The second kappa shape index (κ2) is 14.8. The molecule has 3 aromatic rings. The van der Waals surface area contributed by atoms with Crippen molar-refractivity contribution in [1.29, 1.82) is 0 Å². The molecule has 41 heavy (non-hydrogen) atoms. The Labute approximate surface area is 246 Å². The van der Waals surface area contributed by atoms with E-state index in [4.69, 9.17) is 16.3 Å². The van der Waals surface area contributed by atoms with Crippen LogP contribution in [0.1, 0.15) is 38.7 Å². The summed E-state index contributed by atoms with van der Waals surface area (Å²) in [7, 11) is -2.73. The number of methoxy groups -OCH3 is 1. The minimum Gasteiger partial charge on any atom is -0.497 e. The van der Waals surface area contributed by atoms with Crippen molar-refractivity contribution in [3.63, 3.8) is 0 Å². The Morgan fingerprint density at radius 1 is 1.02 bits per heavy atom. The van der Waals surface area contributed by atoms with E-state index in [0.29, 0.717) is 18.7 Å². The summed E-state index contributed by atoms with van der Waals surface area (Å²) in [4.78, 5) is 28.6. The topological polar surface area (TPSA) is 96.0 Å². The zero-order valence-corrected chi connectivity index (χ0v) is 24.9. The van der Waals surface area contributed by atoms with E-state index in [-0.39, 0.29) is 28.1 Å². The van der Waals surface area contributed by atoms with Crippen molar-refractivity contribution in [3.8, 4) is 5.75 Å². The SMILES string of the molecule is CCCCNC(=O)C(CC)N(Cc1ccc(OC)cc1)C(=O)CN(c1ccc(F)c(Cl)c1)S(=O)(=O)c1ccccc1. The Bertz CT molecular complexity index is 1420. The Kier molecular flexibility index (Phi) is 11.5. The third kappa shape index (κ3) is 8.20. The lowest BCUT2D eigenvalue weighted by Crippen LogP contribution is -2.52. The molecule has 3 rings (SSSR count). The van der Waals surface area contributed by atoms with Crippen LogP contribution in [-0.2, 0) is 26.2 Å². The highest BCUT2D eigenvalue weighted by molar-refractivity contribution is 7.92. The number of carbonyl (C=O) groups excluding carboxylic acids is 2. The molecule has 0 saturated carbocycles. The normalized spacial score (nSPS) is 11.9. The highest BCUT2D eigenvalue weighted by Crippen LogP contribution is 2.28. The molecule has 0 aliphatic carbocycles. The summed E-state index contributed by atoms with van der Waals surface area (Å²) >= 11 is 6.01. The van der Waals surface area contributed by atoms with Gasteiger partial charge in [-0.15, -0.1) is 0 Å². The van der Waals surface area contributed by atoms with Gasteiger partial charge in [0.1, 0.15) is 24.2 Å². The number of rotatable bonds is 14. The summed E-state index contributed by atoms with van der Waals surface area (Å²) in [6.45, 7) is 3.65. The Hall–Kier alpha value is -3.63. The average Bonchev–Trinajstić information content (AvgIpc) is 2.98. The minimum atomic E-state index is -4.28. The molecule has 2 amide bonds. The molecular formula is C30H35ClFN3O5S. The van der Waals surface area contributed by atoms with Gasteiger partial charge in [0.05, 0.1) is 22.7 Å². The molecule has 0 saturated heterocycles. The standard InChI is InChI=1S/C30H35ClFN3O5S/c1-4-6-18-33-30(37)28(5-2)34(20-22-12-15-24(40-3)16-13-22)29(36)21-35(23-14-17-27(32)26(31)19-23)41(38,39)25-10-8-7-9-11-25/h7-17,19,28H,4-6,18,20-21H2,1-3H3,(H,33,37). The van der Waals surface area contributed by atoms with Crippen LogP contribution in [0.4, 0.5) is 10.1 Å². The lowest BCUT2D eigenvalue weighted by Gasteiger charge is -2.33. The maximum absolute atomic E-state index is 14.0. The maximum Gasteiger partial charge on any atom is 0.264 e. The molecule has 0 aromatic heterocycles. The first kappa shape index (κ1) is 31.9. The van der Waals surface area contributed by atoms with E-state index in [9.17, 15) is 22.4 Å². The third-order valence-electron chi connectivity index (χ3n) is 6.53. The predicted octanol–water partition coefficient (Wildman–Crippen LogP) is 5.41. The molecule has 8 nitrogen and oxygen atoms in total. The zero-order chi connectivity index (χ0) is 30.0. The summed E-state index contributed by atoms with van der Waals surface area (Å²) in [5.41, 5.74) is 0.736. The molecule has 0 spiro atoms. The molecule has 220 valence electrons. The first-order chi connectivity index (χ1) is 19.6. The van der Waals surface area contributed by atoms with Gasteiger partial charge >= 0.3 is 0 Å². The van der Waals surface area contributed by atoms with Gasteiger partial charge < -0.3 is 15.0 Å². The number of nitrogens with one attached hydrogen (secondary N) is 1. The number of halogens is 2. The smallest absolute Gasteiger partial charge is 0.264 e. The number of hydrogen-bond acceptors (Lipinski definition) is 5. The first-order valence-electron chi connectivity index (χ1n) is 13.3. The summed E-state index contributed by atoms with van der Waals surface area (Å²) < 4.78 is 47.7. The third-order valence-corrected chi connectivity index (χ3v) is 8.61. The molecular weight excluding hydrogens is 569 g/mol. The molecule has 0 aliphatic rings. The van der Waals surface area contributed by atoms with Crippen LogP contribution in [0.2, 0.25) is 5.02 Å². The lowest BCUT2D eigenvalue weighted by atomic mass is 10.1. The fourth-order valence-electron chi connectivity index (χ4n) is 4.24. The van der Waals surface area contributed by atoms with Gasteiger partial charge in [0.15, 0.2) is 0 Å². The van der Waals surface area contributed by atoms with Gasteiger partial charge in [0.2, 0.25) is 11.8 Å². The fourth-order valence-corrected chi connectivity index (χ4v) is 5.84. The summed E-state index contributed by atoms with van der Waals surface area (Å²) in [5.74, 6) is -1.04. The summed E-state index contributed by atoms with van der Waals surface area (Å²) in [6, 6.07) is 17.2. The van der Waals surface area contributed by atoms with Gasteiger partial charge in [-0.2, -0.15) is 0 Å². The highest BCUT2D eigenvalue weighted by Gasteiger charge is 2.33. The van der Waals surface area contributed by atoms with Gasteiger partial charge in [0, 0.05) is 13.1 Å². The Morgan fingerprint density at radius 3 is 2.29 bits per heavy atom. The number of hydrogen-bond donors (Lipinski definition) is 1. The van der Waals surface area contributed by atoms with E-state index in [1.807, 2.05) is 6.92 Å². The van der Waals surface area contributed by atoms with E-state index < -0.39 is 34.3 Å². The van der Waals surface area contributed by atoms with E-state index >= 15 is 0 Å². The second-order valence-electron chi connectivity index (χ2n) is 9.36. The van der Waals surface area contributed by atoms with Crippen molar-refractivity contribution < 1.29 is 27.1 Å². The van der Waals surface area contributed by atoms with Crippen molar-refractivity contribution in [2.75, 3.05) is 24.5 Å². The minimum absolute atomic E-state index is 0.0125. The maximum atomic E-state index is 14.0. The molecule has 1 unspecified atom stereocenters. The van der Waals surface area contributed by atoms with Gasteiger partial charge in [-0.25, -0.2) is 12.8 Å². The van der Waals surface area contributed by atoms with Gasteiger partial charge in [0.25, 0.3) is 10.0 Å². The number of carbonyl (C=O) groups is 2. The summed E-state index contributed by atoms with van der Waals surface area (Å²) in [6.07, 6.45) is 1.97. The van der Waals surface area contributed by atoms with Crippen LogP contribution in [0.3, 0.4) is 0 Å². The predicted molar refractivity (Wildman–Crippen MR) is 158 cm³/mol. The van der Waals surface area contributed by atoms with Crippen LogP contribution >= 0.6 is 11.6 Å². The van der Waals surface area contributed by atoms with Crippen LogP contribution < -0.4 is 14.4 Å². The Balaban J connectivity index is 2.04. The van der Waals surface area contributed by atoms with Crippen LogP contribution in [0.5, 0.6) is 5.75 Å². The number of sulfonamides is 1. The number of nitrogens with zero attached hydrogens (tertiary/aromatic N) is 2. The molecule has 0 radical (unpaired) electrons. The Morgan fingerprint density at radius 2 is 1.71 bits per heavy atom. The molecule has 1 N–H and O–H groups in total. The molecule has 3 aromatic carbocycles. The van der Waals surface area contributed by atoms with E-state index in [1.54, 1.807) is 56.5 Å². The molecule has 0 fully saturated rings. The van der Waals surface area contributed by atoms with Crippen molar-refractivity contribution in [2.45, 2.75) is 50.6 Å². The fraction of sp³-hybridized carbons (Fsp3) is 0.333. The van der Waals surface area contributed by atoms with Crippen molar-refractivity contribution in [3.05, 3.63) is 89.2 Å².